The van der Waals surface area contributed by atoms with Crippen molar-refractivity contribution in [3.63, 3.8) is 0 Å². The van der Waals surface area contributed by atoms with E-state index in [0.717, 1.165) is 44.2 Å². The topological polar surface area (TPSA) is 189 Å². The summed E-state index contributed by atoms with van der Waals surface area (Å²) in [6.07, 6.45) is 11.5. The molecule has 1 spiro atoms. The van der Waals surface area contributed by atoms with Gasteiger partial charge in [0.15, 0.2) is 11.4 Å². The van der Waals surface area contributed by atoms with E-state index in [1.165, 1.54) is 30.4 Å². The lowest BCUT2D eigenvalue weighted by molar-refractivity contribution is -0.145. The van der Waals surface area contributed by atoms with Crippen LogP contribution in [0.25, 0.3) is 0 Å². The lowest BCUT2D eigenvalue weighted by atomic mass is 9.82. The molecular formula is C36H53N7O7. The smallest absolute Gasteiger partial charge is 0.272 e. The Kier molecular flexibility index (Phi) is 12.8. The molecule has 0 radical (unpaired) electrons. The van der Waals surface area contributed by atoms with Crippen LogP contribution in [0.2, 0.25) is 0 Å². The van der Waals surface area contributed by atoms with E-state index in [1.807, 2.05) is 34.6 Å². The standard InChI is InChI=1S/C36H53N7O7/c1-7-12-24-18-36(50-42-24)19-27(32(47)39-25(13-8-2)29(45)22(3)44)43(21-36)34(49)30(35(4,5)6)41-33(48)28(23-14-10-9-11-15-23)40-31(46)26-20-37-16-17-38-26/h16-17,20,23,25,27-28,30H,7-15,18-19,21H2,1-6H3,(H,39,47)(H,40,46)(H,41,48)/t25-,27-,28-,30+,36+/m0/s1. The van der Waals surface area contributed by atoms with Crippen molar-refractivity contribution in [2.75, 3.05) is 6.54 Å². The van der Waals surface area contributed by atoms with Crippen LogP contribution in [0, 0.1) is 11.3 Å². The maximum atomic E-state index is 14.7. The van der Waals surface area contributed by atoms with Crippen molar-refractivity contribution in [3.05, 3.63) is 24.3 Å². The van der Waals surface area contributed by atoms with Crippen LogP contribution in [-0.2, 0) is 28.8 Å². The molecule has 0 bridgehead atoms. The second kappa shape index (κ2) is 16.7. The number of oxime groups is 1. The minimum absolute atomic E-state index is 0.0393. The molecule has 14 heteroatoms. The first-order valence-electron chi connectivity index (χ1n) is 18.0. The van der Waals surface area contributed by atoms with Crippen LogP contribution in [0.3, 0.4) is 0 Å². The fraction of sp³-hybridized carbons (Fsp3) is 0.694. The summed E-state index contributed by atoms with van der Waals surface area (Å²) in [5, 5.41) is 12.9. The Balaban J connectivity index is 1.63. The van der Waals surface area contributed by atoms with E-state index in [0.29, 0.717) is 19.3 Å². The summed E-state index contributed by atoms with van der Waals surface area (Å²) >= 11 is 0. The maximum absolute atomic E-state index is 14.7. The number of likely N-dealkylation sites (tertiary alicyclic amines) is 1. The number of amides is 4. The lowest BCUT2D eigenvalue weighted by Crippen LogP contribution is -2.62. The SMILES string of the molecule is CCCC1=NO[C@]2(C1)C[C@@H](C(=O)N[C@@H](CCC)C(=O)C(C)=O)N(C(=O)[C@@H](NC(=O)[C@@H](NC(=O)c1cnccn1)C1CCCCC1)C(C)(C)C)C2. The minimum Gasteiger partial charge on any atom is -0.387 e. The second-order valence-corrected chi connectivity index (χ2v) is 15.1. The molecule has 274 valence electrons. The maximum Gasteiger partial charge on any atom is 0.272 e. The number of hydrogen-bond acceptors (Lipinski definition) is 10. The van der Waals surface area contributed by atoms with Crippen molar-refractivity contribution in [2.45, 2.75) is 142 Å². The van der Waals surface area contributed by atoms with Gasteiger partial charge in [0.25, 0.3) is 5.91 Å². The molecule has 1 aromatic heterocycles. The molecule has 5 atom stereocenters. The summed E-state index contributed by atoms with van der Waals surface area (Å²) in [5.74, 6) is -3.63. The number of carbonyl (C=O) groups excluding carboxylic acids is 6. The van der Waals surface area contributed by atoms with E-state index in [-0.39, 0.29) is 31.0 Å². The quantitative estimate of drug-likeness (QED) is 0.246. The second-order valence-electron chi connectivity index (χ2n) is 15.1. The monoisotopic (exact) mass is 695 g/mol. The highest BCUT2D eigenvalue weighted by atomic mass is 16.7. The Labute approximate surface area is 294 Å². The molecule has 0 aromatic carbocycles. The van der Waals surface area contributed by atoms with Crippen LogP contribution in [0.15, 0.2) is 23.7 Å². The van der Waals surface area contributed by atoms with Crippen molar-refractivity contribution in [3.8, 4) is 0 Å². The van der Waals surface area contributed by atoms with Crippen molar-refractivity contribution >= 4 is 40.9 Å². The van der Waals surface area contributed by atoms with Gasteiger partial charge in [-0.05, 0) is 37.0 Å². The van der Waals surface area contributed by atoms with Crippen molar-refractivity contribution in [2.24, 2.45) is 16.5 Å². The number of carbonyl (C=O) groups is 6. The normalized spacial score (nSPS) is 22.6. The summed E-state index contributed by atoms with van der Waals surface area (Å²) in [6.45, 7) is 10.5. The van der Waals surface area contributed by atoms with Crippen LogP contribution in [0.5, 0.6) is 0 Å². The number of nitrogens with one attached hydrogen (secondary N) is 3. The molecule has 14 nitrogen and oxygen atoms in total. The lowest BCUT2D eigenvalue weighted by Gasteiger charge is -2.37. The zero-order valence-electron chi connectivity index (χ0n) is 30.3. The third-order valence-electron chi connectivity index (χ3n) is 9.86. The Morgan fingerprint density at radius 1 is 1.00 bits per heavy atom. The molecule has 2 fully saturated rings. The summed E-state index contributed by atoms with van der Waals surface area (Å²) in [7, 11) is 0. The van der Waals surface area contributed by atoms with Gasteiger partial charge < -0.3 is 25.7 Å². The molecule has 50 heavy (non-hydrogen) atoms. The van der Waals surface area contributed by atoms with E-state index < -0.39 is 70.4 Å². The van der Waals surface area contributed by atoms with Gasteiger partial charge in [-0.2, -0.15) is 0 Å². The van der Waals surface area contributed by atoms with E-state index in [1.54, 1.807) is 0 Å². The molecule has 1 aromatic rings. The Hall–Kier alpha value is -4.23. The van der Waals surface area contributed by atoms with E-state index >= 15 is 0 Å². The number of aromatic nitrogens is 2. The third kappa shape index (κ3) is 9.30. The number of rotatable bonds is 14. The Bertz CT molecular complexity index is 1450. The highest BCUT2D eigenvalue weighted by Crippen LogP contribution is 2.40. The number of nitrogens with zero attached hydrogens (tertiary/aromatic N) is 4. The zero-order chi connectivity index (χ0) is 36.6. The first-order valence-corrected chi connectivity index (χ1v) is 18.0. The summed E-state index contributed by atoms with van der Waals surface area (Å²) < 4.78 is 0. The molecule has 1 saturated heterocycles. The fourth-order valence-corrected chi connectivity index (χ4v) is 7.24. The summed E-state index contributed by atoms with van der Waals surface area (Å²) in [4.78, 5) is 96.2. The molecule has 3 N–H and O–H groups in total. The molecule has 1 saturated carbocycles. The van der Waals surface area contributed by atoms with Crippen molar-refractivity contribution in [1.82, 2.24) is 30.8 Å². The van der Waals surface area contributed by atoms with Crippen molar-refractivity contribution in [1.29, 1.82) is 0 Å². The van der Waals surface area contributed by atoms with Gasteiger partial charge in [-0.1, -0.05) is 71.9 Å². The largest absolute Gasteiger partial charge is 0.387 e. The molecule has 2 aliphatic heterocycles. The highest BCUT2D eigenvalue weighted by Gasteiger charge is 2.55. The van der Waals surface area contributed by atoms with Crippen LogP contribution in [0.1, 0.15) is 123 Å². The number of hydrogen-bond donors (Lipinski definition) is 3. The van der Waals surface area contributed by atoms with Crippen LogP contribution in [0.4, 0.5) is 0 Å². The average Bonchev–Trinajstić information content (AvgIpc) is 3.67. The van der Waals surface area contributed by atoms with Crippen LogP contribution >= 0.6 is 0 Å². The van der Waals surface area contributed by atoms with Gasteiger partial charge in [0.1, 0.15) is 23.8 Å². The fourth-order valence-electron chi connectivity index (χ4n) is 7.24. The zero-order valence-corrected chi connectivity index (χ0v) is 30.3. The van der Waals surface area contributed by atoms with Gasteiger partial charge in [-0.25, -0.2) is 4.98 Å². The van der Waals surface area contributed by atoms with Gasteiger partial charge in [0, 0.05) is 32.2 Å². The van der Waals surface area contributed by atoms with Crippen molar-refractivity contribution < 1.29 is 33.6 Å². The first kappa shape index (κ1) is 38.6. The van der Waals surface area contributed by atoms with Gasteiger partial charge >= 0.3 is 0 Å². The van der Waals surface area contributed by atoms with Gasteiger partial charge in [0.2, 0.25) is 23.5 Å². The predicted octanol–water partition coefficient (Wildman–Crippen LogP) is 3.05. The molecular weight excluding hydrogens is 642 g/mol. The van der Waals surface area contributed by atoms with Crippen LogP contribution < -0.4 is 16.0 Å². The highest BCUT2D eigenvalue weighted by molar-refractivity contribution is 6.38. The Morgan fingerprint density at radius 2 is 1.72 bits per heavy atom. The van der Waals surface area contributed by atoms with E-state index in [4.69, 9.17) is 4.84 Å². The third-order valence-corrected chi connectivity index (χ3v) is 9.86. The van der Waals surface area contributed by atoms with Gasteiger partial charge in [-0.3, -0.25) is 33.8 Å². The predicted molar refractivity (Wildman–Crippen MR) is 185 cm³/mol. The van der Waals surface area contributed by atoms with Crippen LogP contribution in [-0.4, -0.2) is 92.1 Å². The first-order chi connectivity index (χ1) is 23.7. The number of ketones is 2. The molecule has 0 unspecified atom stereocenters. The molecule has 4 amide bonds. The molecule has 4 rings (SSSR count). The summed E-state index contributed by atoms with van der Waals surface area (Å²) in [6, 6.07) is -4.10. The van der Waals surface area contributed by atoms with Gasteiger partial charge in [0.05, 0.1) is 24.5 Å². The van der Waals surface area contributed by atoms with Gasteiger partial charge in [-0.15, -0.1) is 0 Å². The molecule has 3 heterocycles. The van der Waals surface area contributed by atoms with E-state index in [9.17, 15) is 28.8 Å². The minimum atomic E-state index is -1.09. The number of Topliss-reactive ketones (excluding diaryl/α,β-unsaturated/α-hetero) is 2. The average molecular weight is 696 g/mol. The summed E-state index contributed by atoms with van der Waals surface area (Å²) in [5.41, 5.74) is -0.849. The molecule has 3 aliphatic rings. The molecule has 1 aliphatic carbocycles. The Morgan fingerprint density at radius 3 is 2.32 bits per heavy atom. The van der Waals surface area contributed by atoms with E-state index in [2.05, 4.69) is 31.1 Å².